The van der Waals surface area contributed by atoms with E-state index in [4.69, 9.17) is 4.74 Å². The van der Waals surface area contributed by atoms with Crippen molar-refractivity contribution in [2.75, 3.05) is 30.2 Å². The molecule has 1 heterocycles. The molecule has 2 aromatic carbocycles. The molecular formula is C25H31N5O3S2. The van der Waals surface area contributed by atoms with Gasteiger partial charge in [-0.25, -0.2) is 0 Å². The summed E-state index contributed by atoms with van der Waals surface area (Å²) >= 11 is 3.03. The molecule has 3 rings (SSSR count). The maximum absolute atomic E-state index is 12.9. The number of thioether (sulfide) groups is 2. The first-order valence-electron chi connectivity index (χ1n) is 11.3. The van der Waals surface area contributed by atoms with Crippen LogP contribution in [0, 0.1) is 6.92 Å². The molecule has 2 N–H and O–H groups in total. The lowest BCUT2D eigenvalue weighted by Gasteiger charge is -2.19. The lowest BCUT2D eigenvalue weighted by molar-refractivity contribution is -0.113. The minimum absolute atomic E-state index is 0.113. The van der Waals surface area contributed by atoms with Crippen LogP contribution in [0.2, 0.25) is 0 Å². The van der Waals surface area contributed by atoms with Gasteiger partial charge in [-0.15, -0.1) is 10.2 Å². The van der Waals surface area contributed by atoms with Crippen molar-refractivity contribution in [2.45, 2.75) is 38.0 Å². The highest BCUT2D eigenvalue weighted by molar-refractivity contribution is 7.99. The molecule has 1 atom stereocenters. The van der Waals surface area contributed by atoms with Crippen molar-refractivity contribution in [1.82, 2.24) is 20.1 Å². The molecule has 8 nitrogen and oxygen atoms in total. The Morgan fingerprint density at radius 3 is 2.43 bits per heavy atom. The van der Waals surface area contributed by atoms with E-state index in [1.807, 2.05) is 48.9 Å². The van der Waals surface area contributed by atoms with Crippen LogP contribution in [0.25, 0.3) is 0 Å². The molecule has 10 heteroatoms. The van der Waals surface area contributed by atoms with Gasteiger partial charge in [-0.05, 0) is 68.7 Å². The van der Waals surface area contributed by atoms with Gasteiger partial charge >= 0.3 is 0 Å². The number of methoxy groups -OCH3 is 1. The fourth-order valence-electron chi connectivity index (χ4n) is 3.41. The third kappa shape index (κ3) is 7.50. The predicted molar refractivity (Wildman–Crippen MR) is 142 cm³/mol. The summed E-state index contributed by atoms with van der Waals surface area (Å²) in [6.07, 6.45) is 2.74. The number of carbonyl (C=O) groups excluding carboxylic acids is 2. The number of carbonyl (C=O) groups is 2. The first kappa shape index (κ1) is 26.6. The lowest BCUT2D eigenvalue weighted by Crippen LogP contribution is -2.31. The molecule has 0 fully saturated rings. The molecule has 35 heavy (non-hydrogen) atoms. The molecule has 0 aliphatic rings. The van der Waals surface area contributed by atoms with E-state index >= 15 is 0 Å². The van der Waals surface area contributed by atoms with E-state index in [-0.39, 0.29) is 23.6 Å². The van der Waals surface area contributed by atoms with Crippen LogP contribution < -0.4 is 15.4 Å². The number of ether oxygens (including phenoxy) is 1. The second-order valence-electron chi connectivity index (χ2n) is 7.82. The fraction of sp³-hybridized carbons (Fsp3) is 0.360. The summed E-state index contributed by atoms with van der Waals surface area (Å²) in [5.74, 6) is 2.14. The number of nitrogens with one attached hydrogen (secondary N) is 2. The Morgan fingerprint density at radius 2 is 1.80 bits per heavy atom. The van der Waals surface area contributed by atoms with Crippen molar-refractivity contribution < 1.29 is 14.3 Å². The topological polar surface area (TPSA) is 98.1 Å². The van der Waals surface area contributed by atoms with Crippen molar-refractivity contribution in [3.63, 3.8) is 0 Å². The molecule has 0 spiro atoms. The number of hydrogen-bond acceptors (Lipinski definition) is 7. The van der Waals surface area contributed by atoms with Crippen LogP contribution in [0.4, 0.5) is 5.69 Å². The highest BCUT2D eigenvalue weighted by Crippen LogP contribution is 2.24. The van der Waals surface area contributed by atoms with Crippen molar-refractivity contribution in [2.24, 2.45) is 0 Å². The van der Waals surface area contributed by atoms with Gasteiger partial charge in [-0.3, -0.25) is 9.59 Å². The Balaban J connectivity index is 1.70. The second-order valence-corrected chi connectivity index (χ2v) is 9.75. The van der Waals surface area contributed by atoms with Crippen LogP contribution in [0.5, 0.6) is 5.75 Å². The van der Waals surface area contributed by atoms with E-state index in [1.165, 1.54) is 11.8 Å². The number of amides is 2. The fourth-order valence-corrected chi connectivity index (χ4v) is 4.69. The molecule has 1 unspecified atom stereocenters. The van der Waals surface area contributed by atoms with E-state index in [9.17, 15) is 9.59 Å². The quantitative estimate of drug-likeness (QED) is 0.342. The summed E-state index contributed by atoms with van der Waals surface area (Å²) in [6, 6.07) is 14.4. The molecule has 2 amide bonds. The number of rotatable bonds is 12. The molecule has 0 saturated heterocycles. The number of aryl methyl sites for hydroxylation is 1. The summed E-state index contributed by atoms with van der Waals surface area (Å²) < 4.78 is 7.14. The van der Waals surface area contributed by atoms with Gasteiger partial charge in [-0.1, -0.05) is 29.5 Å². The van der Waals surface area contributed by atoms with E-state index in [1.54, 1.807) is 43.1 Å². The highest BCUT2D eigenvalue weighted by Gasteiger charge is 2.23. The molecule has 1 aromatic heterocycles. The van der Waals surface area contributed by atoms with Gasteiger partial charge in [-0.2, -0.15) is 11.8 Å². The Bertz CT molecular complexity index is 1120. The van der Waals surface area contributed by atoms with Gasteiger partial charge in [0.1, 0.15) is 5.75 Å². The van der Waals surface area contributed by atoms with Gasteiger partial charge < -0.3 is 19.9 Å². The summed E-state index contributed by atoms with van der Waals surface area (Å²) in [5, 5.41) is 15.4. The molecule has 0 saturated carbocycles. The first-order chi connectivity index (χ1) is 16.9. The Kier molecular flexibility index (Phi) is 10.0. The maximum atomic E-state index is 12.9. The summed E-state index contributed by atoms with van der Waals surface area (Å²) in [4.78, 5) is 25.4. The zero-order valence-electron chi connectivity index (χ0n) is 20.4. The third-order valence-electron chi connectivity index (χ3n) is 5.31. The SMILES string of the molecule is CCn1c(SCC(=O)Nc2ccc(C)cc2)nnc1C(CCSC)NC(=O)c1ccc(OC)cc1. The van der Waals surface area contributed by atoms with E-state index in [0.717, 1.165) is 17.0 Å². The molecule has 186 valence electrons. The van der Waals surface area contributed by atoms with E-state index < -0.39 is 0 Å². The monoisotopic (exact) mass is 513 g/mol. The number of anilines is 1. The van der Waals surface area contributed by atoms with Crippen LogP contribution in [-0.2, 0) is 11.3 Å². The summed E-state index contributed by atoms with van der Waals surface area (Å²) in [6.45, 7) is 4.63. The average Bonchev–Trinajstić information content (AvgIpc) is 3.29. The molecule has 0 aliphatic heterocycles. The number of nitrogens with zero attached hydrogens (tertiary/aromatic N) is 3. The van der Waals surface area contributed by atoms with E-state index in [2.05, 4.69) is 20.8 Å². The number of benzene rings is 2. The molecular weight excluding hydrogens is 482 g/mol. The van der Waals surface area contributed by atoms with Crippen molar-refractivity contribution in [1.29, 1.82) is 0 Å². The normalized spacial score (nSPS) is 11.7. The Labute approximate surface area is 214 Å². The van der Waals surface area contributed by atoms with Gasteiger partial charge in [0.15, 0.2) is 11.0 Å². The molecule has 0 radical (unpaired) electrons. The second kappa shape index (κ2) is 13.2. The van der Waals surface area contributed by atoms with Crippen molar-refractivity contribution in [3.05, 3.63) is 65.5 Å². The Morgan fingerprint density at radius 1 is 1.09 bits per heavy atom. The predicted octanol–water partition coefficient (Wildman–Crippen LogP) is 4.57. The van der Waals surface area contributed by atoms with Crippen LogP contribution in [0.1, 0.15) is 41.1 Å². The highest BCUT2D eigenvalue weighted by atomic mass is 32.2. The zero-order valence-corrected chi connectivity index (χ0v) is 22.0. The van der Waals surface area contributed by atoms with E-state index in [0.29, 0.717) is 35.3 Å². The van der Waals surface area contributed by atoms with Gasteiger partial charge in [0.05, 0.1) is 18.9 Å². The van der Waals surface area contributed by atoms with Crippen LogP contribution in [0.15, 0.2) is 53.7 Å². The van der Waals surface area contributed by atoms with Crippen molar-refractivity contribution in [3.8, 4) is 5.75 Å². The summed E-state index contributed by atoms with van der Waals surface area (Å²) in [5.41, 5.74) is 2.44. The standard InChI is InChI=1S/C25H31N5O3S2/c1-5-30-23(21(14-15-34-4)27-24(32)18-8-12-20(33-3)13-9-18)28-29-25(30)35-16-22(31)26-19-10-6-17(2)7-11-19/h6-13,21H,5,14-16H2,1-4H3,(H,26,31)(H,27,32). The average molecular weight is 514 g/mol. The van der Waals surface area contributed by atoms with Gasteiger partial charge in [0.25, 0.3) is 5.91 Å². The lowest BCUT2D eigenvalue weighted by atomic mass is 10.1. The first-order valence-corrected chi connectivity index (χ1v) is 13.7. The largest absolute Gasteiger partial charge is 0.497 e. The van der Waals surface area contributed by atoms with Crippen LogP contribution >= 0.6 is 23.5 Å². The number of hydrogen-bond donors (Lipinski definition) is 2. The smallest absolute Gasteiger partial charge is 0.251 e. The molecule has 0 bridgehead atoms. The maximum Gasteiger partial charge on any atom is 0.251 e. The van der Waals surface area contributed by atoms with Crippen LogP contribution in [0.3, 0.4) is 0 Å². The summed E-state index contributed by atoms with van der Waals surface area (Å²) in [7, 11) is 1.59. The Hall–Kier alpha value is -2.98. The van der Waals surface area contributed by atoms with Crippen LogP contribution in [-0.4, -0.2) is 51.5 Å². The molecule has 0 aliphatic carbocycles. The van der Waals surface area contributed by atoms with Crippen molar-refractivity contribution >= 4 is 41.0 Å². The number of aromatic nitrogens is 3. The zero-order chi connectivity index (χ0) is 25.2. The van der Waals surface area contributed by atoms with Gasteiger partial charge in [0.2, 0.25) is 5.91 Å². The van der Waals surface area contributed by atoms with Gasteiger partial charge in [0, 0.05) is 17.8 Å². The third-order valence-corrected chi connectivity index (χ3v) is 6.92. The molecule has 3 aromatic rings. The minimum Gasteiger partial charge on any atom is -0.497 e. The minimum atomic E-state index is -0.305.